The quantitative estimate of drug-likeness (QED) is 0.822. The molecule has 0 aromatic carbocycles. The van der Waals surface area contributed by atoms with E-state index in [0.29, 0.717) is 6.04 Å². The second-order valence-corrected chi connectivity index (χ2v) is 7.74. The number of halogens is 2. The predicted molar refractivity (Wildman–Crippen MR) is 79.2 cm³/mol. The summed E-state index contributed by atoms with van der Waals surface area (Å²) in [5.74, 6) is 0. The molecule has 0 bridgehead atoms. The molecule has 92 valence electrons. The first-order valence-electron chi connectivity index (χ1n) is 5.38. The zero-order chi connectivity index (χ0) is 12.1. The molecule has 0 radical (unpaired) electrons. The van der Waals surface area contributed by atoms with E-state index in [0.717, 1.165) is 19.6 Å². The van der Waals surface area contributed by atoms with E-state index in [-0.39, 0.29) is 0 Å². The molecular weight excluding hydrogens is 352 g/mol. The van der Waals surface area contributed by atoms with Crippen LogP contribution in [0.3, 0.4) is 0 Å². The topological polar surface area (TPSA) is 15.3 Å². The molecule has 0 saturated carbocycles. The Kier molecular flexibility index (Phi) is 6.51. The third-order valence-corrected chi connectivity index (χ3v) is 4.96. The van der Waals surface area contributed by atoms with Crippen LogP contribution in [0.1, 0.15) is 19.4 Å². The highest BCUT2D eigenvalue weighted by Gasteiger charge is 2.08. The van der Waals surface area contributed by atoms with Gasteiger partial charge in [0.05, 0.1) is 7.57 Å². The maximum atomic E-state index is 3.57. The van der Waals surface area contributed by atoms with Gasteiger partial charge in [-0.1, -0.05) is 6.92 Å². The van der Waals surface area contributed by atoms with E-state index in [9.17, 15) is 0 Å². The van der Waals surface area contributed by atoms with Crippen LogP contribution in [0.4, 0.5) is 0 Å². The van der Waals surface area contributed by atoms with Gasteiger partial charge >= 0.3 is 0 Å². The molecule has 1 aromatic rings. The summed E-state index contributed by atoms with van der Waals surface area (Å²) in [7, 11) is 2.15. The van der Waals surface area contributed by atoms with Crippen molar-refractivity contribution in [2.75, 3.05) is 20.1 Å². The molecule has 0 spiro atoms. The van der Waals surface area contributed by atoms with Crippen LogP contribution in [0.15, 0.2) is 13.6 Å². The molecule has 0 aliphatic heterocycles. The Labute approximate surface area is 119 Å². The Bertz CT molecular complexity index is 328. The van der Waals surface area contributed by atoms with E-state index in [2.05, 4.69) is 69.0 Å². The Morgan fingerprint density at radius 2 is 2.19 bits per heavy atom. The molecule has 5 heteroatoms. The van der Waals surface area contributed by atoms with Crippen LogP contribution in [-0.2, 0) is 6.54 Å². The summed E-state index contributed by atoms with van der Waals surface area (Å²) in [5, 5.41) is 3.53. The molecule has 2 nitrogen and oxygen atoms in total. The predicted octanol–water partition coefficient (Wildman–Crippen LogP) is 3.70. The van der Waals surface area contributed by atoms with Gasteiger partial charge in [-0.25, -0.2) is 0 Å². The summed E-state index contributed by atoms with van der Waals surface area (Å²) in [6.07, 6.45) is 0. The summed E-state index contributed by atoms with van der Waals surface area (Å²) in [5.41, 5.74) is 1.32. The van der Waals surface area contributed by atoms with Crippen molar-refractivity contribution in [2.45, 2.75) is 26.4 Å². The monoisotopic (exact) mass is 368 g/mol. The summed E-state index contributed by atoms with van der Waals surface area (Å²) in [4.78, 5) is 2.32. The third kappa shape index (κ3) is 4.84. The third-order valence-electron chi connectivity index (χ3n) is 2.49. The smallest absolute Gasteiger partial charge is 0.0755 e. The van der Waals surface area contributed by atoms with Crippen LogP contribution >= 0.6 is 43.2 Å². The highest BCUT2D eigenvalue weighted by atomic mass is 79.9. The fourth-order valence-corrected chi connectivity index (χ4v) is 4.27. The maximum Gasteiger partial charge on any atom is 0.0755 e. The zero-order valence-corrected chi connectivity index (χ0v) is 13.9. The Hall–Kier alpha value is 0.580. The Balaban J connectivity index is 2.36. The molecule has 1 unspecified atom stereocenters. The molecule has 0 aliphatic rings. The molecule has 1 atom stereocenters. The average molecular weight is 370 g/mol. The van der Waals surface area contributed by atoms with Crippen molar-refractivity contribution >= 4 is 43.2 Å². The summed E-state index contributed by atoms with van der Waals surface area (Å²) in [6.45, 7) is 7.50. The number of nitrogens with zero attached hydrogens (tertiary/aromatic N) is 1. The van der Waals surface area contributed by atoms with Crippen molar-refractivity contribution in [3.8, 4) is 0 Å². The van der Waals surface area contributed by atoms with E-state index in [4.69, 9.17) is 0 Å². The lowest BCUT2D eigenvalue weighted by Crippen LogP contribution is -2.36. The second kappa shape index (κ2) is 7.11. The van der Waals surface area contributed by atoms with Gasteiger partial charge in [0.15, 0.2) is 0 Å². The van der Waals surface area contributed by atoms with Crippen molar-refractivity contribution in [1.82, 2.24) is 10.2 Å². The molecule has 0 aliphatic carbocycles. The molecule has 0 fully saturated rings. The van der Waals surface area contributed by atoms with Gasteiger partial charge in [-0.05, 0) is 64.0 Å². The minimum Gasteiger partial charge on any atom is -0.309 e. The second-order valence-electron chi connectivity index (χ2n) is 3.99. The van der Waals surface area contributed by atoms with Gasteiger partial charge in [-0.3, -0.25) is 0 Å². The van der Waals surface area contributed by atoms with Gasteiger partial charge in [0.2, 0.25) is 0 Å². The van der Waals surface area contributed by atoms with Crippen molar-refractivity contribution in [2.24, 2.45) is 0 Å². The first-order chi connectivity index (χ1) is 7.52. The lowest BCUT2D eigenvalue weighted by Gasteiger charge is -2.20. The number of thiophene rings is 1. The molecular formula is C11H18Br2N2S. The van der Waals surface area contributed by atoms with Gasteiger partial charge in [-0.15, -0.1) is 11.3 Å². The summed E-state index contributed by atoms with van der Waals surface area (Å²) in [6, 6.07) is 2.67. The molecule has 16 heavy (non-hydrogen) atoms. The fraction of sp³-hybridized carbons (Fsp3) is 0.636. The van der Waals surface area contributed by atoms with Crippen LogP contribution in [0.25, 0.3) is 0 Å². The van der Waals surface area contributed by atoms with Crippen molar-refractivity contribution in [1.29, 1.82) is 0 Å². The van der Waals surface area contributed by atoms with Crippen LogP contribution < -0.4 is 5.32 Å². The van der Waals surface area contributed by atoms with Crippen molar-refractivity contribution in [3.05, 3.63) is 19.2 Å². The number of hydrogen-bond acceptors (Lipinski definition) is 3. The minimum atomic E-state index is 0.510. The maximum absolute atomic E-state index is 3.57. The molecule has 0 amide bonds. The van der Waals surface area contributed by atoms with Crippen LogP contribution in [0, 0.1) is 0 Å². The summed E-state index contributed by atoms with van der Waals surface area (Å²) >= 11 is 8.79. The molecule has 1 N–H and O–H groups in total. The zero-order valence-electron chi connectivity index (χ0n) is 9.89. The van der Waals surface area contributed by atoms with E-state index in [1.165, 1.54) is 13.1 Å². The highest BCUT2D eigenvalue weighted by Crippen LogP contribution is 2.31. The van der Waals surface area contributed by atoms with E-state index < -0.39 is 0 Å². The van der Waals surface area contributed by atoms with Crippen molar-refractivity contribution in [3.63, 3.8) is 0 Å². The standard InChI is InChI=1S/C11H18Br2N2S/c1-4-15(3)7-8(2)14-6-9-5-10(12)16-11(9)13/h5,8,14H,4,6-7H2,1-3H3. The van der Waals surface area contributed by atoms with Crippen LogP contribution in [0.2, 0.25) is 0 Å². The number of likely N-dealkylation sites (N-methyl/N-ethyl adjacent to an activating group) is 1. The van der Waals surface area contributed by atoms with Gasteiger partial charge in [0.1, 0.15) is 0 Å². The average Bonchev–Trinajstić information content (AvgIpc) is 2.54. The first-order valence-corrected chi connectivity index (χ1v) is 7.78. The Morgan fingerprint density at radius 3 is 2.69 bits per heavy atom. The SMILES string of the molecule is CCN(C)CC(C)NCc1cc(Br)sc1Br. The lowest BCUT2D eigenvalue weighted by molar-refractivity contribution is 0.309. The van der Waals surface area contributed by atoms with Gasteiger partial charge in [-0.2, -0.15) is 0 Å². The van der Waals surface area contributed by atoms with Gasteiger partial charge in [0.25, 0.3) is 0 Å². The van der Waals surface area contributed by atoms with Crippen molar-refractivity contribution < 1.29 is 0 Å². The largest absolute Gasteiger partial charge is 0.309 e. The number of rotatable bonds is 6. The first kappa shape index (κ1) is 14.6. The highest BCUT2D eigenvalue weighted by molar-refractivity contribution is 9.12. The van der Waals surface area contributed by atoms with Gasteiger partial charge < -0.3 is 10.2 Å². The normalized spacial score (nSPS) is 13.4. The lowest BCUT2D eigenvalue weighted by atomic mass is 10.2. The van der Waals surface area contributed by atoms with E-state index in [1.54, 1.807) is 11.3 Å². The minimum absolute atomic E-state index is 0.510. The molecule has 1 rings (SSSR count). The Morgan fingerprint density at radius 1 is 1.50 bits per heavy atom. The number of hydrogen-bond donors (Lipinski definition) is 1. The summed E-state index contributed by atoms with van der Waals surface area (Å²) < 4.78 is 2.39. The fourth-order valence-electron chi connectivity index (χ4n) is 1.44. The van der Waals surface area contributed by atoms with Crippen LogP contribution in [0.5, 0.6) is 0 Å². The van der Waals surface area contributed by atoms with E-state index in [1.807, 2.05) is 0 Å². The number of nitrogens with one attached hydrogen (secondary N) is 1. The molecule has 1 aromatic heterocycles. The van der Waals surface area contributed by atoms with Crippen LogP contribution in [-0.4, -0.2) is 31.1 Å². The van der Waals surface area contributed by atoms with E-state index >= 15 is 0 Å². The van der Waals surface area contributed by atoms with Gasteiger partial charge in [0, 0.05) is 19.1 Å². The molecule has 1 heterocycles. The molecule has 0 saturated heterocycles.